The molecular formula is C22H25NO6S. The zero-order chi connectivity index (χ0) is 21.9. The summed E-state index contributed by atoms with van der Waals surface area (Å²) in [7, 11) is -3.78. The molecule has 8 heteroatoms. The number of aryl methyl sites for hydroxylation is 1. The van der Waals surface area contributed by atoms with Crippen molar-refractivity contribution in [3.63, 3.8) is 0 Å². The smallest absolute Gasteiger partial charge is 0.338 e. The highest BCUT2D eigenvalue weighted by Gasteiger charge is 2.32. The van der Waals surface area contributed by atoms with Crippen LogP contribution in [0.5, 0.6) is 0 Å². The summed E-state index contributed by atoms with van der Waals surface area (Å²) in [6.07, 6.45) is -0.436. The van der Waals surface area contributed by atoms with E-state index in [4.69, 9.17) is 9.47 Å². The molecule has 0 amide bonds. The summed E-state index contributed by atoms with van der Waals surface area (Å²) in [5, 5.41) is 0. The summed E-state index contributed by atoms with van der Waals surface area (Å²) in [6.45, 7) is 5.61. The molecule has 0 spiro atoms. The van der Waals surface area contributed by atoms with Gasteiger partial charge in [0.25, 0.3) is 0 Å². The topological polar surface area (TPSA) is 90.0 Å². The van der Waals surface area contributed by atoms with Crippen molar-refractivity contribution in [2.75, 3.05) is 19.7 Å². The Morgan fingerprint density at radius 3 is 2.30 bits per heavy atom. The lowest BCUT2D eigenvalue weighted by molar-refractivity contribution is -0.0440. The van der Waals surface area contributed by atoms with Crippen molar-refractivity contribution in [3.05, 3.63) is 65.2 Å². The van der Waals surface area contributed by atoms with E-state index < -0.39 is 22.6 Å². The summed E-state index contributed by atoms with van der Waals surface area (Å²) in [4.78, 5) is 24.6. The van der Waals surface area contributed by atoms with Crippen molar-refractivity contribution in [2.24, 2.45) is 0 Å². The van der Waals surface area contributed by atoms with Crippen LogP contribution >= 0.6 is 0 Å². The van der Waals surface area contributed by atoms with Crippen molar-refractivity contribution in [2.45, 2.75) is 37.9 Å². The Morgan fingerprint density at radius 1 is 1.03 bits per heavy atom. The van der Waals surface area contributed by atoms with Gasteiger partial charge in [-0.3, -0.25) is 4.79 Å². The van der Waals surface area contributed by atoms with E-state index in [1.807, 2.05) is 20.8 Å². The Bertz CT molecular complexity index is 1020. The quantitative estimate of drug-likeness (QED) is 0.516. The molecule has 0 N–H and O–H groups in total. The second-order valence-electron chi connectivity index (χ2n) is 7.47. The molecule has 2 unspecified atom stereocenters. The minimum Gasteiger partial charge on any atom is -0.454 e. The van der Waals surface area contributed by atoms with Gasteiger partial charge in [0, 0.05) is 18.7 Å². The van der Waals surface area contributed by atoms with Gasteiger partial charge >= 0.3 is 5.97 Å². The first-order valence-electron chi connectivity index (χ1n) is 9.69. The summed E-state index contributed by atoms with van der Waals surface area (Å²) in [5.41, 5.74) is 1.54. The van der Waals surface area contributed by atoms with E-state index >= 15 is 0 Å². The Labute approximate surface area is 176 Å². The molecule has 0 bridgehead atoms. The number of Topliss-reactive ketones (excluding diaryl/α,β-unsaturated/α-hetero) is 1. The average Bonchev–Trinajstić information content (AvgIpc) is 2.71. The molecule has 0 aliphatic carbocycles. The zero-order valence-corrected chi connectivity index (χ0v) is 18.0. The van der Waals surface area contributed by atoms with Crippen LogP contribution in [-0.4, -0.2) is 56.4 Å². The third kappa shape index (κ3) is 5.13. The highest BCUT2D eigenvalue weighted by Crippen LogP contribution is 2.22. The second kappa shape index (κ2) is 9.07. The van der Waals surface area contributed by atoms with E-state index in [0.29, 0.717) is 5.56 Å². The standard InChI is InChI=1S/C22H25NO6S/c1-15-7-9-18(10-8-15)21(24)14-28-22(25)19-5-4-6-20(11-19)30(26,27)23-12-16(2)29-17(3)13-23/h4-11,16-17H,12-14H2,1-3H3. The van der Waals surface area contributed by atoms with Crippen molar-refractivity contribution >= 4 is 21.8 Å². The van der Waals surface area contributed by atoms with Crippen LogP contribution in [0.1, 0.15) is 40.1 Å². The third-order valence-corrected chi connectivity index (χ3v) is 6.63. The molecule has 3 rings (SSSR count). The van der Waals surface area contributed by atoms with Crippen molar-refractivity contribution < 1.29 is 27.5 Å². The molecule has 1 aliphatic rings. The molecule has 1 fully saturated rings. The number of hydrogen-bond acceptors (Lipinski definition) is 6. The predicted molar refractivity (Wildman–Crippen MR) is 111 cm³/mol. The Kier molecular flexibility index (Phi) is 6.70. The lowest BCUT2D eigenvalue weighted by atomic mass is 10.1. The predicted octanol–water partition coefficient (Wildman–Crippen LogP) is 2.83. The Hall–Kier alpha value is -2.55. The molecule has 1 saturated heterocycles. The number of ether oxygens (including phenoxy) is 2. The maximum atomic E-state index is 13.0. The van der Waals surface area contributed by atoms with Crippen LogP contribution in [0.2, 0.25) is 0 Å². The van der Waals surface area contributed by atoms with E-state index in [9.17, 15) is 18.0 Å². The van der Waals surface area contributed by atoms with Crippen LogP contribution in [0.15, 0.2) is 53.4 Å². The largest absolute Gasteiger partial charge is 0.454 e. The maximum Gasteiger partial charge on any atom is 0.338 e. The second-order valence-corrected chi connectivity index (χ2v) is 9.41. The van der Waals surface area contributed by atoms with Crippen LogP contribution < -0.4 is 0 Å². The van der Waals surface area contributed by atoms with Gasteiger partial charge < -0.3 is 9.47 Å². The highest BCUT2D eigenvalue weighted by atomic mass is 32.2. The van der Waals surface area contributed by atoms with Gasteiger partial charge in [-0.2, -0.15) is 4.31 Å². The van der Waals surface area contributed by atoms with Gasteiger partial charge in [0.05, 0.1) is 22.7 Å². The summed E-state index contributed by atoms with van der Waals surface area (Å²) in [5.74, 6) is -1.08. The number of rotatable bonds is 6. The molecule has 1 heterocycles. The van der Waals surface area contributed by atoms with Crippen LogP contribution in [0.25, 0.3) is 0 Å². The molecule has 7 nitrogen and oxygen atoms in total. The number of sulfonamides is 1. The van der Waals surface area contributed by atoms with E-state index in [1.165, 1.54) is 28.6 Å². The monoisotopic (exact) mass is 431 g/mol. The van der Waals surface area contributed by atoms with Crippen LogP contribution in [0.3, 0.4) is 0 Å². The summed E-state index contributed by atoms with van der Waals surface area (Å²) >= 11 is 0. The van der Waals surface area contributed by atoms with E-state index in [2.05, 4.69) is 0 Å². The number of nitrogens with zero attached hydrogens (tertiary/aromatic N) is 1. The Balaban J connectivity index is 1.70. The number of hydrogen-bond donors (Lipinski definition) is 0. The minimum absolute atomic E-state index is 0.00288. The molecule has 0 radical (unpaired) electrons. The highest BCUT2D eigenvalue weighted by molar-refractivity contribution is 7.89. The van der Waals surface area contributed by atoms with Crippen molar-refractivity contribution in [1.82, 2.24) is 4.31 Å². The van der Waals surface area contributed by atoms with Gasteiger partial charge in [-0.25, -0.2) is 13.2 Å². The van der Waals surface area contributed by atoms with Gasteiger partial charge in [0.2, 0.25) is 10.0 Å². The first-order chi connectivity index (χ1) is 14.2. The SMILES string of the molecule is Cc1ccc(C(=O)COC(=O)c2cccc(S(=O)(=O)N3CC(C)OC(C)C3)c2)cc1. The lowest BCUT2D eigenvalue weighted by Gasteiger charge is -2.34. The number of esters is 1. The van der Waals surface area contributed by atoms with Crippen LogP contribution in [-0.2, 0) is 19.5 Å². The molecule has 2 atom stereocenters. The molecular weight excluding hydrogens is 406 g/mol. The molecule has 0 saturated carbocycles. The number of morpholine rings is 1. The van der Waals surface area contributed by atoms with Crippen molar-refractivity contribution in [1.29, 1.82) is 0 Å². The molecule has 2 aromatic carbocycles. The zero-order valence-electron chi connectivity index (χ0n) is 17.2. The maximum absolute atomic E-state index is 13.0. The minimum atomic E-state index is -3.78. The molecule has 160 valence electrons. The van der Waals surface area contributed by atoms with Gasteiger partial charge in [0.1, 0.15) is 0 Å². The first kappa shape index (κ1) is 22.1. The molecule has 1 aliphatic heterocycles. The van der Waals surface area contributed by atoms with Crippen molar-refractivity contribution in [3.8, 4) is 0 Å². The van der Waals surface area contributed by atoms with Crippen LogP contribution in [0, 0.1) is 6.92 Å². The summed E-state index contributed by atoms with van der Waals surface area (Å²) < 4.78 is 38.0. The fraction of sp³-hybridized carbons (Fsp3) is 0.364. The van der Waals surface area contributed by atoms with Gasteiger partial charge in [0.15, 0.2) is 12.4 Å². The number of carbonyl (C=O) groups excluding carboxylic acids is 2. The fourth-order valence-electron chi connectivity index (χ4n) is 3.30. The number of benzene rings is 2. The lowest BCUT2D eigenvalue weighted by Crippen LogP contribution is -2.48. The van der Waals surface area contributed by atoms with E-state index in [-0.39, 0.29) is 41.5 Å². The average molecular weight is 432 g/mol. The van der Waals surface area contributed by atoms with Gasteiger partial charge in [-0.05, 0) is 39.0 Å². The molecule has 0 aromatic heterocycles. The van der Waals surface area contributed by atoms with Gasteiger partial charge in [-0.1, -0.05) is 35.9 Å². The Morgan fingerprint density at radius 2 is 1.67 bits per heavy atom. The molecule has 30 heavy (non-hydrogen) atoms. The number of ketones is 1. The van der Waals surface area contributed by atoms with E-state index in [0.717, 1.165) is 5.56 Å². The fourth-order valence-corrected chi connectivity index (χ4v) is 4.93. The number of carbonyl (C=O) groups is 2. The first-order valence-corrected chi connectivity index (χ1v) is 11.1. The third-order valence-electron chi connectivity index (χ3n) is 4.80. The van der Waals surface area contributed by atoms with E-state index in [1.54, 1.807) is 24.3 Å². The normalized spacial score (nSPS) is 20.0. The summed E-state index contributed by atoms with van der Waals surface area (Å²) in [6, 6.07) is 12.6. The van der Waals surface area contributed by atoms with Crippen LogP contribution in [0.4, 0.5) is 0 Å². The molecule has 2 aromatic rings. The van der Waals surface area contributed by atoms with Gasteiger partial charge in [-0.15, -0.1) is 0 Å².